The largest absolute Gasteiger partial charge is 0.497 e. The van der Waals surface area contributed by atoms with Crippen molar-refractivity contribution in [1.29, 1.82) is 0 Å². The van der Waals surface area contributed by atoms with E-state index < -0.39 is 38.9 Å². The standard InChI is InChI=1S/C26H24F2N4O4S2/c1-4-12-38(34,35)32(13-16-6-8-17(36-3)9-7-16)21-11-10-19(27)24(22(21)28)31-26(33)18-14-37-25-20(5-2)29-15-30-23(18)25/h5-11,14-15H,2,4,12-13H2,1,3H3,(H,31,33). The first-order chi connectivity index (χ1) is 18.2. The van der Waals surface area contributed by atoms with Gasteiger partial charge in [-0.05, 0) is 42.3 Å². The van der Waals surface area contributed by atoms with Crippen molar-refractivity contribution < 1.29 is 26.7 Å². The smallest absolute Gasteiger partial charge is 0.258 e. The Morgan fingerprint density at radius 2 is 1.92 bits per heavy atom. The van der Waals surface area contributed by atoms with Gasteiger partial charge in [0.15, 0.2) is 5.82 Å². The Bertz CT molecular complexity index is 1610. The van der Waals surface area contributed by atoms with E-state index in [4.69, 9.17) is 4.74 Å². The molecule has 8 nitrogen and oxygen atoms in total. The zero-order valence-corrected chi connectivity index (χ0v) is 22.2. The van der Waals surface area contributed by atoms with E-state index in [0.29, 0.717) is 27.2 Å². The second kappa shape index (κ2) is 11.2. The van der Waals surface area contributed by atoms with Gasteiger partial charge >= 0.3 is 0 Å². The Balaban J connectivity index is 1.73. The highest BCUT2D eigenvalue weighted by atomic mass is 32.2. The van der Waals surface area contributed by atoms with Gasteiger partial charge in [-0.15, -0.1) is 11.3 Å². The molecule has 0 atom stereocenters. The maximum absolute atomic E-state index is 15.8. The van der Waals surface area contributed by atoms with Crippen LogP contribution in [0.1, 0.15) is 35.0 Å². The van der Waals surface area contributed by atoms with E-state index in [1.807, 2.05) is 0 Å². The fourth-order valence-electron chi connectivity index (χ4n) is 3.80. The molecule has 0 saturated carbocycles. The number of ether oxygens (including phenoxy) is 1. The van der Waals surface area contributed by atoms with E-state index in [1.165, 1.54) is 36.2 Å². The van der Waals surface area contributed by atoms with E-state index in [0.717, 1.165) is 16.4 Å². The maximum Gasteiger partial charge on any atom is 0.258 e. The lowest BCUT2D eigenvalue weighted by Crippen LogP contribution is -2.33. The number of nitrogens with one attached hydrogen (secondary N) is 1. The number of thiophene rings is 1. The van der Waals surface area contributed by atoms with Gasteiger partial charge in [0.1, 0.15) is 23.6 Å². The summed E-state index contributed by atoms with van der Waals surface area (Å²) in [4.78, 5) is 21.3. The maximum atomic E-state index is 15.8. The minimum atomic E-state index is -4.00. The number of carbonyl (C=O) groups excluding carboxylic acids is 1. The lowest BCUT2D eigenvalue weighted by atomic mass is 10.2. The van der Waals surface area contributed by atoms with Gasteiger partial charge in [0, 0.05) is 5.38 Å². The number of carbonyl (C=O) groups is 1. The molecule has 4 aromatic rings. The second-order valence-corrected chi connectivity index (χ2v) is 11.1. The number of hydrogen-bond acceptors (Lipinski definition) is 7. The number of rotatable bonds is 10. The van der Waals surface area contributed by atoms with Crippen LogP contribution in [-0.2, 0) is 16.6 Å². The lowest BCUT2D eigenvalue weighted by molar-refractivity contribution is 0.102. The number of methoxy groups -OCH3 is 1. The third-order valence-corrected chi connectivity index (χ3v) is 8.59. The Hall–Kier alpha value is -3.90. The van der Waals surface area contributed by atoms with E-state index in [1.54, 1.807) is 31.2 Å². The predicted octanol–water partition coefficient (Wildman–Crippen LogP) is 5.62. The molecule has 1 N–H and O–H groups in total. The molecule has 0 aliphatic carbocycles. The molecule has 0 spiro atoms. The molecule has 38 heavy (non-hydrogen) atoms. The summed E-state index contributed by atoms with van der Waals surface area (Å²) in [6, 6.07) is 8.57. The third kappa shape index (κ3) is 5.36. The number of hydrogen-bond donors (Lipinski definition) is 1. The Kier molecular flexibility index (Phi) is 8.02. The first kappa shape index (κ1) is 27.1. The van der Waals surface area contributed by atoms with Crippen LogP contribution in [0, 0.1) is 11.6 Å². The summed E-state index contributed by atoms with van der Waals surface area (Å²) in [5.41, 5.74) is 0.319. The summed E-state index contributed by atoms with van der Waals surface area (Å²) in [6.45, 7) is 5.15. The number of aromatic nitrogens is 2. The molecule has 0 bridgehead atoms. The Labute approximate surface area is 222 Å². The van der Waals surface area contributed by atoms with Crippen LogP contribution < -0.4 is 14.4 Å². The molecular weight excluding hydrogens is 534 g/mol. The number of fused-ring (bicyclic) bond motifs is 1. The topological polar surface area (TPSA) is 101 Å². The van der Waals surface area contributed by atoms with Crippen LogP contribution in [0.2, 0.25) is 0 Å². The zero-order chi connectivity index (χ0) is 27.4. The van der Waals surface area contributed by atoms with Gasteiger partial charge in [-0.1, -0.05) is 25.6 Å². The predicted molar refractivity (Wildman–Crippen MR) is 145 cm³/mol. The van der Waals surface area contributed by atoms with Crippen LogP contribution in [0.4, 0.5) is 20.2 Å². The van der Waals surface area contributed by atoms with Crippen molar-refractivity contribution >= 4 is 54.9 Å². The lowest BCUT2D eigenvalue weighted by Gasteiger charge is -2.26. The fourth-order valence-corrected chi connectivity index (χ4v) is 6.31. The van der Waals surface area contributed by atoms with Gasteiger partial charge < -0.3 is 10.1 Å². The molecule has 0 radical (unpaired) electrons. The number of sulfonamides is 1. The molecule has 1 amide bonds. The van der Waals surface area contributed by atoms with Gasteiger partial charge in [-0.3, -0.25) is 9.10 Å². The van der Waals surface area contributed by atoms with Crippen LogP contribution >= 0.6 is 11.3 Å². The molecule has 0 fully saturated rings. The van der Waals surface area contributed by atoms with Crippen LogP contribution in [0.15, 0.2) is 54.7 Å². The van der Waals surface area contributed by atoms with Crippen LogP contribution in [0.3, 0.4) is 0 Å². The van der Waals surface area contributed by atoms with Crippen molar-refractivity contribution in [2.24, 2.45) is 0 Å². The Morgan fingerprint density at radius 3 is 2.58 bits per heavy atom. The molecule has 0 saturated heterocycles. The summed E-state index contributed by atoms with van der Waals surface area (Å²) in [7, 11) is -2.50. The van der Waals surface area contributed by atoms with Crippen LogP contribution in [-0.4, -0.2) is 37.2 Å². The molecule has 2 aromatic carbocycles. The third-order valence-electron chi connectivity index (χ3n) is 5.68. The summed E-state index contributed by atoms with van der Waals surface area (Å²) in [5.74, 6) is -2.77. The molecule has 0 aliphatic heterocycles. The zero-order valence-electron chi connectivity index (χ0n) is 20.6. The average molecular weight is 559 g/mol. The SMILES string of the molecule is C=Cc1ncnc2c(C(=O)Nc3c(F)ccc(N(Cc4ccc(OC)cc4)S(=O)(=O)CCC)c3F)csc12. The van der Waals surface area contributed by atoms with Crippen molar-refractivity contribution in [1.82, 2.24) is 9.97 Å². The van der Waals surface area contributed by atoms with E-state index in [-0.39, 0.29) is 24.3 Å². The normalized spacial score (nSPS) is 11.4. The van der Waals surface area contributed by atoms with Gasteiger partial charge in [-0.25, -0.2) is 27.2 Å². The number of halogens is 2. The number of nitrogens with zero attached hydrogens (tertiary/aromatic N) is 3. The minimum Gasteiger partial charge on any atom is -0.497 e. The summed E-state index contributed by atoms with van der Waals surface area (Å²) in [6.07, 6.45) is 3.06. The minimum absolute atomic E-state index is 0.0911. The molecule has 2 aromatic heterocycles. The highest BCUT2D eigenvalue weighted by molar-refractivity contribution is 7.92. The van der Waals surface area contributed by atoms with E-state index in [9.17, 15) is 17.6 Å². The molecule has 2 heterocycles. The molecule has 0 aliphatic rings. The van der Waals surface area contributed by atoms with E-state index in [2.05, 4.69) is 21.9 Å². The van der Waals surface area contributed by atoms with Crippen molar-refractivity contribution in [3.63, 3.8) is 0 Å². The van der Waals surface area contributed by atoms with Gasteiger partial charge in [0.05, 0.1) is 46.6 Å². The van der Waals surface area contributed by atoms with Gasteiger partial charge in [0.25, 0.3) is 5.91 Å². The Morgan fingerprint density at radius 1 is 1.18 bits per heavy atom. The first-order valence-corrected chi connectivity index (χ1v) is 14.0. The van der Waals surface area contributed by atoms with Crippen LogP contribution in [0.5, 0.6) is 5.75 Å². The van der Waals surface area contributed by atoms with Crippen molar-refractivity contribution in [2.75, 3.05) is 22.5 Å². The van der Waals surface area contributed by atoms with Crippen molar-refractivity contribution in [2.45, 2.75) is 19.9 Å². The average Bonchev–Trinajstić information content (AvgIpc) is 3.35. The monoisotopic (exact) mass is 558 g/mol. The molecular formula is C26H24F2N4O4S2. The number of amides is 1. The highest BCUT2D eigenvalue weighted by Gasteiger charge is 2.28. The van der Waals surface area contributed by atoms with Crippen molar-refractivity contribution in [3.05, 3.63) is 83.1 Å². The fraction of sp³-hybridized carbons (Fsp3) is 0.192. The highest BCUT2D eigenvalue weighted by Crippen LogP contribution is 2.33. The second-order valence-electron chi connectivity index (χ2n) is 8.17. The number of benzene rings is 2. The quantitative estimate of drug-likeness (QED) is 0.271. The van der Waals surface area contributed by atoms with Crippen molar-refractivity contribution in [3.8, 4) is 5.75 Å². The molecule has 0 unspecified atom stereocenters. The van der Waals surface area contributed by atoms with Gasteiger partial charge in [0.2, 0.25) is 10.0 Å². The molecule has 198 valence electrons. The van der Waals surface area contributed by atoms with Gasteiger partial charge in [-0.2, -0.15) is 0 Å². The van der Waals surface area contributed by atoms with E-state index >= 15 is 4.39 Å². The summed E-state index contributed by atoms with van der Waals surface area (Å²) >= 11 is 1.19. The summed E-state index contributed by atoms with van der Waals surface area (Å²) in [5, 5.41) is 3.76. The number of anilines is 2. The molecule has 12 heteroatoms. The molecule has 4 rings (SSSR count). The first-order valence-electron chi connectivity index (χ1n) is 11.5. The summed E-state index contributed by atoms with van der Waals surface area (Å²) < 4.78 is 63.5. The van der Waals surface area contributed by atoms with Crippen LogP contribution in [0.25, 0.3) is 16.3 Å².